The molecule has 2 aromatic carbocycles. The van der Waals surface area contributed by atoms with E-state index in [9.17, 15) is 4.79 Å². The molecule has 1 fully saturated rings. The first-order chi connectivity index (χ1) is 16.0. The summed E-state index contributed by atoms with van der Waals surface area (Å²) in [6, 6.07) is 16.3. The zero-order valence-electron chi connectivity index (χ0n) is 18.5. The van der Waals surface area contributed by atoms with Crippen LogP contribution in [0, 0.1) is 9.49 Å². The van der Waals surface area contributed by atoms with Gasteiger partial charge in [0, 0.05) is 40.8 Å². The molecular weight excluding hydrogens is 531 g/mol. The molecule has 3 aromatic rings. The number of rotatable bonds is 7. The van der Waals surface area contributed by atoms with Crippen LogP contribution in [0.1, 0.15) is 36.6 Å². The Bertz CT molecular complexity index is 1170. The molecule has 1 N–H and O–H groups in total. The van der Waals surface area contributed by atoms with Gasteiger partial charge in [-0.2, -0.15) is 0 Å². The lowest BCUT2D eigenvalue weighted by atomic mass is 9.83. The third-order valence-electron chi connectivity index (χ3n) is 6.68. The van der Waals surface area contributed by atoms with Gasteiger partial charge in [-0.15, -0.1) is 5.10 Å². The standard InChI is InChI=1S/C25H27IN4O3/c1-17-13-21(9-11-29-16-20(10-12-31)27-28-29)33-25(17)22-7-2-3-8-23(22)30(24(25)32)15-18-5-4-6-19(26)14-18/h2-8,14,16-17,21,31H,9-13,15H2,1H3/t17-,21+,25+/m0/s1. The maximum absolute atomic E-state index is 13.9. The summed E-state index contributed by atoms with van der Waals surface area (Å²) in [5, 5.41) is 17.3. The number of halogens is 1. The molecule has 0 radical (unpaired) electrons. The van der Waals surface area contributed by atoms with Crippen LogP contribution in [0.25, 0.3) is 0 Å². The number of aromatic nitrogens is 3. The fourth-order valence-electron chi connectivity index (χ4n) is 5.13. The molecule has 1 aromatic heterocycles. The van der Waals surface area contributed by atoms with Crippen molar-refractivity contribution in [2.45, 2.75) is 51.0 Å². The van der Waals surface area contributed by atoms with Crippen LogP contribution in [-0.2, 0) is 34.6 Å². The van der Waals surface area contributed by atoms with Crippen LogP contribution in [0.2, 0.25) is 0 Å². The van der Waals surface area contributed by atoms with Gasteiger partial charge < -0.3 is 14.7 Å². The molecular formula is C25H27IN4O3. The minimum absolute atomic E-state index is 0.0311. The van der Waals surface area contributed by atoms with Gasteiger partial charge in [-0.25, -0.2) is 0 Å². The summed E-state index contributed by atoms with van der Waals surface area (Å²) in [7, 11) is 0. The largest absolute Gasteiger partial charge is 0.396 e. The molecule has 33 heavy (non-hydrogen) atoms. The summed E-state index contributed by atoms with van der Waals surface area (Å²) in [6.07, 6.45) is 3.89. The monoisotopic (exact) mass is 558 g/mol. The van der Waals surface area contributed by atoms with Crippen molar-refractivity contribution in [1.29, 1.82) is 0 Å². The zero-order valence-corrected chi connectivity index (χ0v) is 20.7. The first-order valence-corrected chi connectivity index (χ1v) is 12.4. The van der Waals surface area contributed by atoms with E-state index in [4.69, 9.17) is 9.84 Å². The Morgan fingerprint density at radius 3 is 2.91 bits per heavy atom. The molecule has 0 bridgehead atoms. The van der Waals surface area contributed by atoms with Crippen LogP contribution in [0.15, 0.2) is 54.7 Å². The smallest absolute Gasteiger partial charge is 0.264 e. The molecule has 7 nitrogen and oxygen atoms in total. The van der Waals surface area contributed by atoms with Crippen LogP contribution in [0.5, 0.6) is 0 Å². The Balaban J connectivity index is 1.37. The topological polar surface area (TPSA) is 80.5 Å². The highest BCUT2D eigenvalue weighted by Crippen LogP contribution is 2.53. The van der Waals surface area contributed by atoms with Gasteiger partial charge >= 0.3 is 0 Å². The first-order valence-electron chi connectivity index (χ1n) is 11.3. The maximum atomic E-state index is 13.9. The average Bonchev–Trinajstić information content (AvgIpc) is 3.46. The quantitative estimate of drug-likeness (QED) is 0.448. The number of ether oxygens (including phenoxy) is 1. The molecule has 8 heteroatoms. The number of anilines is 1. The molecule has 3 heterocycles. The van der Waals surface area contributed by atoms with Crippen LogP contribution in [0.3, 0.4) is 0 Å². The number of aliphatic hydroxyl groups is 1. The lowest BCUT2D eigenvalue weighted by Gasteiger charge is -2.28. The third kappa shape index (κ3) is 4.08. The molecule has 172 valence electrons. The molecule has 3 atom stereocenters. The molecule has 0 aliphatic carbocycles. The lowest BCUT2D eigenvalue weighted by Crippen LogP contribution is -2.43. The highest BCUT2D eigenvalue weighted by molar-refractivity contribution is 14.1. The van der Waals surface area contributed by atoms with E-state index in [2.05, 4.69) is 58.0 Å². The molecule has 5 rings (SSSR count). The van der Waals surface area contributed by atoms with Gasteiger partial charge in [0.05, 0.1) is 24.0 Å². The number of aryl methyl sites for hydroxylation is 1. The van der Waals surface area contributed by atoms with Crippen LogP contribution >= 0.6 is 22.6 Å². The Hall–Kier alpha value is -2.30. The minimum atomic E-state index is -0.937. The van der Waals surface area contributed by atoms with Gasteiger partial charge in [-0.3, -0.25) is 9.48 Å². The molecule has 1 amide bonds. The number of benzene rings is 2. The van der Waals surface area contributed by atoms with Gasteiger partial charge in [0.2, 0.25) is 0 Å². The van der Waals surface area contributed by atoms with Crippen molar-refractivity contribution in [1.82, 2.24) is 15.0 Å². The van der Waals surface area contributed by atoms with Gasteiger partial charge in [-0.1, -0.05) is 42.5 Å². The summed E-state index contributed by atoms with van der Waals surface area (Å²) in [5.41, 5.74) is 2.86. The second kappa shape index (κ2) is 9.15. The molecule has 1 saturated heterocycles. The van der Waals surface area contributed by atoms with Crippen molar-refractivity contribution in [2.75, 3.05) is 11.5 Å². The number of hydrogen-bond donors (Lipinski definition) is 1. The number of carbonyl (C=O) groups excluding carboxylic acids is 1. The van der Waals surface area contributed by atoms with Gasteiger partial charge in [-0.05, 0) is 59.2 Å². The molecule has 2 aliphatic heterocycles. The Morgan fingerprint density at radius 2 is 2.09 bits per heavy atom. The van der Waals surface area contributed by atoms with Crippen LogP contribution in [0.4, 0.5) is 5.69 Å². The summed E-state index contributed by atoms with van der Waals surface area (Å²) in [6.45, 7) is 3.37. The second-order valence-electron chi connectivity index (χ2n) is 8.89. The zero-order chi connectivity index (χ0) is 23.0. The van der Waals surface area contributed by atoms with E-state index in [-0.39, 0.29) is 24.5 Å². The highest BCUT2D eigenvalue weighted by atomic mass is 127. The van der Waals surface area contributed by atoms with E-state index in [1.54, 1.807) is 4.68 Å². The molecule has 1 spiro atoms. The summed E-state index contributed by atoms with van der Waals surface area (Å²) < 4.78 is 9.58. The predicted molar refractivity (Wildman–Crippen MR) is 133 cm³/mol. The highest BCUT2D eigenvalue weighted by Gasteiger charge is 2.59. The first kappa shape index (κ1) is 22.5. The Morgan fingerprint density at radius 1 is 1.24 bits per heavy atom. The number of para-hydroxylation sites is 1. The molecule has 0 saturated carbocycles. The van der Waals surface area contributed by atoms with Gasteiger partial charge in [0.25, 0.3) is 5.91 Å². The van der Waals surface area contributed by atoms with E-state index in [0.717, 1.165) is 38.9 Å². The second-order valence-corrected chi connectivity index (χ2v) is 10.1. The van der Waals surface area contributed by atoms with Gasteiger partial charge in [0.1, 0.15) is 0 Å². The number of carbonyl (C=O) groups is 1. The molecule has 2 aliphatic rings. The summed E-state index contributed by atoms with van der Waals surface area (Å²) in [4.78, 5) is 15.8. The number of amides is 1. The lowest BCUT2D eigenvalue weighted by molar-refractivity contribution is -0.146. The molecule has 0 unspecified atom stereocenters. The van der Waals surface area contributed by atoms with E-state index in [1.165, 1.54) is 0 Å². The van der Waals surface area contributed by atoms with Crippen molar-refractivity contribution in [3.05, 3.63) is 75.1 Å². The van der Waals surface area contributed by atoms with Crippen molar-refractivity contribution in [3.63, 3.8) is 0 Å². The summed E-state index contributed by atoms with van der Waals surface area (Å²) in [5.74, 6) is 0.0984. The van der Waals surface area contributed by atoms with Crippen molar-refractivity contribution in [2.24, 2.45) is 5.92 Å². The number of hydrogen-bond acceptors (Lipinski definition) is 5. The SMILES string of the molecule is C[C@H]1C[C@@H](CCn2cc(CCO)nn2)O[C@]12C(=O)N(Cc1cccc(I)c1)c1ccccc12. The van der Waals surface area contributed by atoms with Crippen molar-refractivity contribution >= 4 is 34.2 Å². The normalized spacial score (nSPS) is 24.1. The Labute approximate surface area is 206 Å². The minimum Gasteiger partial charge on any atom is -0.396 e. The van der Waals surface area contributed by atoms with E-state index in [0.29, 0.717) is 19.5 Å². The third-order valence-corrected chi connectivity index (χ3v) is 7.36. The van der Waals surface area contributed by atoms with Crippen molar-refractivity contribution in [3.8, 4) is 0 Å². The van der Waals surface area contributed by atoms with Crippen LogP contribution in [-0.4, -0.2) is 38.7 Å². The van der Waals surface area contributed by atoms with E-state index < -0.39 is 5.60 Å². The van der Waals surface area contributed by atoms with Crippen molar-refractivity contribution < 1.29 is 14.6 Å². The number of fused-ring (bicyclic) bond motifs is 2. The fraction of sp³-hybridized carbons (Fsp3) is 0.400. The predicted octanol–water partition coefficient (Wildman–Crippen LogP) is 3.67. The summed E-state index contributed by atoms with van der Waals surface area (Å²) >= 11 is 2.30. The van der Waals surface area contributed by atoms with Crippen LogP contribution < -0.4 is 4.90 Å². The Kier molecular flexibility index (Phi) is 6.24. The van der Waals surface area contributed by atoms with Gasteiger partial charge in [0.15, 0.2) is 5.60 Å². The average molecular weight is 558 g/mol. The fourth-order valence-corrected chi connectivity index (χ4v) is 5.74. The number of nitrogens with zero attached hydrogens (tertiary/aromatic N) is 4. The maximum Gasteiger partial charge on any atom is 0.264 e. The number of aliphatic hydroxyl groups excluding tert-OH is 1. The van der Waals surface area contributed by atoms with E-state index >= 15 is 0 Å². The van der Waals surface area contributed by atoms with E-state index in [1.807, 2.05) is 41.4 Å².